The number of imide groups is 1. The van der Waals surface area contributed by atoms with Gasteiger partial charge in [0.15, 0.2) is 11.8 Å². The van der Waals surface area contributed by atoms with Gasteiger partial charge in [0, 0.05) is 11.9 Å². The molecule has 0 aliphatic rings. The van der Waals surface area contributed by atoms with Crippen molar-refractivity contribution in [3.63, 3.8) is 0 Å². The molecule has 0 radical (unpaired) electrons. The van der Waals surface area contributed by atoms with Gasteiger partial charge in [0.2, 0.25) is 0 Å². The molecule has 1 heterocycles. The lowest BCUT2D eigenvalue weighted by Crippen LogP contribution is -2.39. The predicted molar refractivity (Wildman–Crippen MR) is 96.3 cm³/mol. The summed E-state index contributed by atoms with van der Waals surface area (Å²) in [5.41, 5.74) is -0.393. The number of hydrogen-bond donors (Lipinski definition) is 1. The number of fused-ring (bicyclic) bond motifs is 1. The summed E-state index contributed by atoms with van der Waals surface area (Å²) in [6, 6.07) is 6.53. The van der Waals surface area contributed by atoms with Gasteiger partial charge in [-0.15, -0.1) is 0 Å². The maximum Gasteiger partial charge on any atom is 0.413 e. The minimum Gasteiger partial charge on any atom is -0.453 e. The van der Waals surface area contributed by atoms with E-state index in [-0.39, 0.29) is 17.2 Å². The van der Waals surface area contributed by atoms with Gasteiger partial charge in [-0.2, -0.15) is 5.10 Å². The highest BCUT2D eigenvalue weighted by molar-refractivity contribution is 6.03. The predicted octanol–water partition coefficient (Wildman–Crippen LogP) is 1.48. The smallest absolute Gasteiger partial charge is 0.413 e. The van der Waals surface area contributed by atoms with Crippen molar-refractivity contribution in [3.8, 4) is 0 Å². The third-order valence-corrected chi connectivity index (χ3v) is 3.66. The molecule has 9 nitrogen and oxygen atoms in total. The van der Waals surface area contributed by atoms with Gasteiger partial charge < -0.3 is 9.47 Å². The van der Waals surface area contributed by atoms with Gasteiger partial charge in [-0.1, -0.05) is 32.0 Å². The van der Waals surface area contributed by atoms with Crippen LogP contribution >= 0.6 is 0 Å². The van der Waals surface area contributed by atoms with E-state index in [4.69, 9.17) is 4.74 Å². The quantitative estimate of drug-likeness (QED) is 0.787. The number of benzene rings is 1. The Hall–Kier alpha value is -3.23. The minimum absolute atomic E-state index is 0.0800. The van der Waals surface area contributed by atoms with Gasteiger partial charge in [-0.25, -0.2) is 14.3 Å². The zero-order valence-corrected chi connectivity index (χ0v) is 15.5. The van der Waals surface area contributed by atoms with E-state index in [9.17, 15) is 19.2 Å². The first kappa shape index (κ1) is 20.1. The van der Waals surface area contributed by atoms with Gasteiger partial charge >= 0.3 is 12.1 Å². The van der Waals surface area contributed by atoms with E-state index < -0.39 is 24.1 Å². The van der Waals surface area contributed by atoms with Crippen molar-refractivity contribution in [1.29, 1.82) is 0 Å². The number of carbonyl (C=O) groups is 3. The van der Waals surface area contributed by atoms with E-state index in [1.165, 1.54) is 11.6 Å². The summed E-state index contributed by atoms with van der Waals surface area (Å²) in [6.45, 7) is 5.46. The fraction of sp³-hybridized carbons (Fsp3) is 0.389. The number of hydrogen-bond acceptors (Lipinski definition) is 7. The number of nitrogens with one attached hydrogen (secondary N) is 1. The van der Waals surface area contributed by atoms with Crippen LogP contribution in [-0.2, 0) is 20.8 Å². The summed E-state index contributed by atoms with van der Waals surface area (Å²) in [6.07, 6.45) is -2.22. The van der Waals surface area contributed by atoms with Crippen LogP contribution in [-0.4, -0.2) is 41.0 Å². The summed E-state index contributed by atoms with van der Waals surface area (Å²) in [5.74, 6) is -1.59. The van der Waals surface area contributed by atoms with Crippen LogP contribution in [0.2, 0.25) is 0 Å². The van der Waals surface area contributed by atoms with Crippen molar-refractivity contribution >= 4 is 28.7 Å². The van der Waals surface area contributed by atoms with Crippen LogP contribution in [0.15, 0.2) is 29.1 Å². The maximum absolute atomic E-state index is 12.6. The molecule has 2 amide bonds. The number of amides is 2. The molecule has 1 N–H and O–H groups in total. The fourth-order valence-corrected chi connectivity index (χ4v) is 2.38. The number of ether oxygens (including phenoxy) is 2. The fourth-order valence-electron chi connectivity index (χ4n) is 2.38. The third-order valence-electron chi connectivity index (χ3n) is 3.66. The SMILES string of the molecule is COC(=O)NC(=O)[C@@H](C)OC(=O)c1nn(CC(C)C)c(=O)c2ccccc12. The molecule has 1 atom stereocenters. The highest BCUT2D eigenvalue weighted by Crippen LogP contribution is 2.15. The highest BCUT2D eigenvalue weighted by Gasteiger charge is 2.24. The molecule has 0 spiro atoms. The van der Waals surface area contributed by atoms with E-state index in [2.05, 4.69) is 9.84 Å². The average Bonchev–Trinajstić information content (AvgIpc) is 2.63. The first-order valence-electron chi connectivity index (χ1n) is 8.34. The molecule has 0 saturated heterocycles. The van der Waals surface area contributed by atoms with E-state index in [1.807, 2.05) is 19.2 Å². The van der Waals surface area contributed by atoms with Crippen LogP contribution < -0.4 is 10.9 Å². The zero-order valence-electron chi connectivity index (χ0n) is 15.5. The van der Waals surface area contributed by atoms with Gasteiger partial charge in [-0.05, 0) is 18.9 Å². The molecular formula is C18H21N3O6. The summed E-state index contributed by atoms with van der Waals surface area (Å²) in [5, 5.41) is 6.71. The number of nitrogens with zero attached hydrogens (tertiary/aromatic N) is 2. The molecule has 0 unspecified atom stereocenters. The van der Waals surface area contributed by atoms with E-state index in [0.29, 0.717) is 17.3 Å². The van der Waals surface area contributed by atoms with Crippen LogP contribution in [0, 0.1) is 5.92 Å². The Kier molecular flexibility index (Phi) is 6.27. The molecule has 2 rings (SSSR count). The second-order valence-electron chi connectivity index (χ2n) is 6.30. The summed E-state index contributed by atoms with van der Waals surface area (Å²) in [4.78, 5) is 48.1. The van der Waals surface area contributed by atoms with Crippen LogP contribution in [0.1, 0.15) is 31.3 Å². The van der Waals surface area contributed by atoms with Crippen molar-refractivity contribution in [3.05, 3.63) is 40.3 Å². The normalized spacial score (nSPS) is 11.9. The minimum atomic E-state index is -1.26. The molecular weight excluding hydrogens is 354 g/mol. The third kappa shape index (κ3) is 4.69. The van der Waals surface area contributed by atoms with Crippen LogP contribution in [0.5, 0.6) is 0 Å². The van der Waals surface area contributed by atoms with Gasteiger partial charge in [0.25, 0.3) is 11.5 Å². The molecule has 1 aromatic heterocycles. The largest absolute Gasteiger partial charge is 0.453 e. The summed E-state index contributed by atoms with van der Waals surface area (Å²) in [7, 11) is 1.10. The summed E-state index contributed by atoms with van der Waals surface area (Å²) < 4.78 is 10.6. The first-order valence-corrected chi connectivity index (χ1v) is 8.34. The molecule has 0 aliphatic carbocycles. The number of methoxy groups -OCH3 is 1. The van der Waals surface area contributed by atoms with E-state index >= 15 is 0 Å². The number of carbonyl (C=O) groups excluding carboxylic acids is 3. The second-order valence-corrected chi connectivity index (χ2v) is 6.30. The lowest BCUT2D eigenvalue weighted by atomic mass is 10.1. The van der Waals surface area contributed by atoms with Crippen molar-refractivity contribution in [1.82, 2.24) is 15.1 Å². The van der Waals surface area contributed by atoms with Gasteiger partial charge in [0.1, 0.15) is 0 Å². The maximum atomic E-state index is 12.6. The average molecular weight is 375 g/mol. The molecule has 144 valence electrons. The molecule has 0 bridgehead atoms. The lowest BCUT2D eigenvalue weighted by molar-refractivity contribution is -0.128. The summed E-state index contributed by atoms with van der Waals surface area (Å²) >= 11 is 0. The Morgan fingerprint density at radius 2 is 1.78 bits per heavy atom. The van der Waals surface area contributed by atoms with Gasteiger partial charge in [0.05, 0.1) is 12.5 Å². The Morgan fingerprint density at radius 1 is 1.15 bits per heavy atom. The van der Waals surface area contributed by atoms with Crippen LogP contribution in [0.4, 0.5) is 4.79 Å². The number of rotatable bonds is 5. The molecule has 0 saturated carbocycles. The van der Waals surface area contributed by atoms with Crippen LogP contribution in [0.25, 0.3) is 10.8 Å². The lowest BCUT2D eigenvalue weighted by Gasteiger charge is -2.15. The van der Waals surface area contributed by atoms with Crippen LogP contribution in [0.3, 0.4) is 0 Å². The molecule has 0 aliphatic heterocycles. The first-order chi connectivity index (χ1) is 12.7. The Balaban J connectivity index is 2.37. The van der Waals surface area contributed by atoms with E-state index in [1.54, 1.807) is 24.3 Å². The van der Waals surface area contributed by atoms with Crippen molar-refractivity contribution in [2.24, 2.45) is 5.92 Å². The zero-order chi connectivity index (χ0) is 20.1. The van der Waals surface area contributed by atoms with Crippen molar-refractivity contribution < 1.29 is 23.9 Å². The Bertz CT molecular complexity index is 934. The number of alkyl carbamates (subject to hydrolysis) is 1. The number of esters is 1. The topological polar surface area (TPSA) is 117 Å². The highest BCUT2D eigenvalue weighted by atomic mass is 16.6. The van der Waals surface area contributed by atoms with Crippen molar-refractivity contribution in [2.75, 3.05) is 7.11 Å². The Morgan fingerprint density at radius 3 is 2.37 bits per heavy atom. The molecule has 1 aromatic carbocycles. The second kappa shape index (κ2) is 8.43. The molecule has 9 heteroatoms. The van der Waals surface area contributed by atoms with E-state index in [0.717, 1.165) is 7.11 Å². The van der Waals surface area contributed by atoms with Gasteiger partial charge in [-0.3, -0.25) is 14.9 Å². The molecule has 2 aromatic rings. The standard InChI is InChI=1S/C18H21N3O6/c1-10(2)9-21-16(23)13-8-6-5-7-12(13)14(20-21)17(24)27-11(3)15(22)19-18(25)26-4/h5-8,10-11H,9H2,1-4H3,(H,19,22,25)/t11-/m1/s1. The van der Waals surface area contributed by atoms with Crippen molar-refractivity contribution in [2.45, 2.75) is 33.4 Å². The molecule has 27 heavy (non-hydrogen) atoms. The Labute approximate surface area is 155 Å². The molecule has 0 fully saturated rings. The monoisotopic (exact) mass is 375 g/mol. The number of aromatic nitrogens is 2.